The number of ether oxygens (including phenoxy) is 1. The van der Waals surface area contributed by atoms with E-state index in [0.717, 1.165) is 37.2 Å². The van der Waals surface area contributed by atoms with E-state index in [9.17, 15) is 0 Å². The van der Waals surface area contributed by atoms with Gasteiger partial charge in [0.1, 0.15) is 5.82 Å². The Morgan fingerprint density at radius 3 is 3.18 bits per heavy atom. The molecule has 0 aliphatic carbocycles. The molecule has 1 saturated heterocycles. The van der Waals surface area contributed by atoms with E-state index in [1.54, 1.807) is 7.11 Å². The minimum Gasteiger partial charge on any atom is -0.383 e. The van der Waals surface area contributed by atoms with E-state index >= 15 is 0 Å². The first-order valence-corrected chi connectivity index (χ1v) is 6.85. The number of aryl methyl sites for hydroxylation is 1. The Hall–Kier alpha value is -0.720. The SMILES string of the molecule is COCCNCC1CCCN1c1nc(C)ns1. The third kappa shape index (κ3) is 3.37. The second-order valence-corrected chi connectivity index (χ2v) is 5.04. The number of hydrogen-bond acceptors (Lipinski definition) is 6. The van der Waals surface area contributed by atoms with Crippen LogP contribution < -0.4 is 10.2 Å². The fraction of sp³-hybridized carbons (Fsp3) is 0.818. The maximum absolute atomic E-state index is 5.02. The Morgan fingerprint density at radius 1 is 1.59 bits per heavy atom. The number of methoxy groups -OCH3 is 1. The van der Waals surface area contributed by atoms with E-state index in [1.165, 1.54) is 24.4 Å². The molecule has 6 heteroatoms. The summed E-state index contributed by atoms with van der Waals surface area (Å²) < 4.78 is 9.28. The second kappa shape index (κ2) is 6.28. The molecule has 5 nitrogen and oxygen atoms in total. The van der Waals surface area contributed by atoms with Crippen molar-refractivity contribution in [1.82, 2.24) is 14.7 Å². The first kappa shape index (κ1) is 12.7. The number of aromatic nitrogens is 2. The van der Waals surface area contributed by atoms with Gasteiger partial charge in [-0.1, -0.05) is 0 Å². The average Bonchev–Trinajstić information content (AvgIpc) is 2.93. The normalized spacial score (nSPS) is 20.1. The van der Waals surface area contributed by atoms with Crippen LogP contribution in [-0.2, 0) is 4.74 Å². The summed E-state index contributed by atoms with van der Waals surface area (Å²) in [4.78, 5) is 6.85. The van der Waals surface area contributed by atoms with Crippen molar-refractivity contribution in [2.45, 2.75) is 25.8 Å². The molecule has 1 unspecified atom stereocenters. The van der Waals surface area contributed by atoms with Crippen molar-refractivity contribution in [2.24, 2.45) is 0 Å². The standard InChI is InChI=1S/C11H20N4OS/c1-9-13-11(17-14-9)15-6-3-4-10(15)8-12-5-7-16-2/h10,12H,3-8H2,1-2H3. The third-order valence-electron chi connectivity index (χ3n) is 3.00. The number of hydrogen-bond donors (Lipinski definition) is 1. The third-order valence-corrected chi connectivity index (χ3v) is 3.85. The summed E-state index contributed by atoms with van der Waals surface area (Å²) in [5.41, 5.74) is 0. The van der Waals surface area contributed by atoms with E-state index in [1.807, 2.05) is 6.92 Å². The average molecular weight is 256 g/mol. The summed E-state index contributed by atoms with van der Waals surface area (Å²) >= 11 is 1.51. The van der Waals surface area contributed by atoms with Crippen molar-refractivity contribution in [3.8, 4) is 0 Å². The summed E-state index contributed by atoms with van der Waals surface area (Å²) in [6, 6.07) is 0.555. The molecule has 1 aliphatic heterocycles. The van der Waals surface area contributed by atoms with Gasteiger partial charge in [-0.25, -0.2) is 4.98 Å². The van der Waals surface area contributed by atoms with Gasteiger partial charge in [-0.15, -0.1) is 0 Å². The van der Waals surface area contributed by atoms with E-state index in [-0.39, 0.29) is 0 Å². The Kier molecular flexibility index (Phi) is 4.70. The van der Waals surface area contributed by atoms with Crippen LogP contribution in [-0.4, -0.2) is 48.8 Å². The van der Waals surface area contributed by atoms with Crippen LogP contribution in [0.3, 0.4) is 0 Å². The van der Waals surface area contributed by atoms with E-state index < -0.39 is 0 Å². The molecule has 0 spiro atoms. The molecule has 0 saturated carbocycles. The Bertz CT molecular complexity index is 344. The van der Waals surface area contributed by atoms with Crippen molar-refractivity contribution in [2.75, 3.05) is 38.3 Å². The number of rotatable bonds is 6. The van der Waals surface area contributed by atoms with Gasteiger partial charge in [-0.3, -0.25) is 0 Å². The molecule has 1 aromatic heterocycles. The number of nitrogens with one attached hydrogen (secondary N) is 1. The molecule has 1 fully saturated rings. The molecule has 0 radical (unpaired) electrons. The summed E-state index contributed by atoms with van der Waals surface area (Å²) in [6.07, 6.45) is 2.48. The molecule has 2 rings (SSSR count). The van der Waals surface area contributed by atoms with Crippen LogP contribution in [0, 0.1) is 6.92 Å². The number of anilines is 1. The largest absolute Gasteiger partial charge is 0.383 e. The zero-order chi connectivity index (χ0) is 12.1. The lowest BCUT2D eigenvalue weighted by atomic mass is 10.2. The van der Waals surface area contributed by atoms with Crippen LogP contribution >= 0.6 is 11.5 Å². The van der Waals surface area contributed by atoms with E-state index in [0.29, 0.717) is 6.04 Å². The molecular weight excluding hydrogens is 236 g/mol. The highest BCUT2D eigenvalue weighted by Crippen LogP contribution is 2.26. The van der Waals surface area contributed by atoms with Gasteiger partial charge in [0.15, 0.2) is 0 Å². The zero-order valence-electron chi connectivity index (χ0n) is 10.5. The fourth-order valence-corrected chi connectivity index (χ4v) is 2.92. The van der Waals surface area contributed by atoms with Gasteiger partial charge < -0.3 is 15.0 Å². The lowest BCUT2D eigenvalue weighted by Crippen LogP contribution is -2.38. The predicted molar refractivity (Wildman–Crippen MR) is 69.8 cm³/mol. The molecule has 96 valence electrons. The van der Waals surface area contributed by atoms with E-state index in [2.05, 4.69) is 19.6 Å². The Balaban J connectivity index is 1.84. The molecule has 1 aliphatic rings. The van der Waals surface area contributed by atoms with Crippen molar-refractivity contribution in [1.29, 1.82) is 0 Å². The van der Waals surface area contributed by atoms with Gasteiger partial charge in [0.2, 0.25) is 5.13 Å². The highest BCUT2D eigenvalue weighted by Gasteiger charge is 2.26. The Labute approximate surface area is 106 Å². The predicted octanol–water partition coefficient (Wildman–Crippen LogP) is 1.05. The highest BCUT2D eigenvalue weighted by molar-refractivity contribution is 7.09. The molecule has 0 aromatic carbocycles. The van der Waals surface area contributed by atoms with Gasteiger partial charge in [0.25, 0.3) is 0 Å². The lowest BCUT2D eigenvalue weighted by Gasteiger charge is -2.23. The van der Waals surface area contributed by atoms with Crippen LogP contribution in [0.4, 0.5) is 5.13 Å². The number of nitrogens with zero attached hydrogens (tertiary/aromatic N) is 3. The maximum Gasteiger partial charge on any atom is 0.205 e. The molecule has 2 heterocycles. The molecule has 1 atom stereocenters. The molecule has 0 amide bonds. The molecule has 1 N–H and O–H groups in total. The summed E-state index contributed by atoms with van der Waals surface area (Å²) in [7, 11) is 1.73. The monoisotopic (exact) mass is 256 g/mol. The molecule has 17 heavy (non-hydrogen) atoms. The Morgan fingerprint density at radius 2 is 2.47 bits per heavy atom. The lowest BCUT2D eigenvalue weighted by molar-refractivity contribution is 0.199. The quantitative estimate of drug-likeness (QED) is 0.771. The van der Waals surface area contributed by atoms with Crippen LogP contribution in [0.2, 0.25) is 0 Å². The zero-order valence-corrected chi connectivity index (χ0v) is 11.3. The van der Waals surface area contributed by atoms with Gasteiger partial charge in [-0.05, 0) is 19.8 Å². The molecular formula is C11H20N4OS. The minimum atomic E-state index is 0.555. The van der Waals surface area contributed by atoms with Crippen molar-refractivity contribution in [3.05, 3.63) is 5.82 Å². The van der Waals surface area contributed by atoms with E-state index in [4.69, 9.17) is 4.74 Å². The van der Waals surface area contributed by atoms with Crippen LogP contribution in [0.1, 0.15) is 18.7 Å². The van der Waals surface area contributed by atoms with Crippen LogP contribution in [0.15, 0.2) is 0 Å². The van der Waals surface area contributed by atoms with Crippen LogP contribution in [0.25, 0.3) is 0 Å². The minimum absolute atomic E-state index is 0.555. The fourth-order valence-electron chi connectivity index (χ4n) is 2.15. The van der Waals surface area contributed by atoms with Crippen molar-refractivity contribution in [3.63, 3.8) is 0 Å². The smallest absolute Gasteiger partial charge is 0.205 e. The van der Waals surface area contributed by atoms with Gasteiger partial charge >= 0.3 is 0 Å². The molecule has 1 aromatic rings. The summed E-state index contributed by atoms with van der Waals surface area (Å²) in [5, 5.41) is 4.49. The van der Waals surface area contributed by atoms with Crippen molar-refractivity contribution < 1.29 is 4.74 Å². The first-order valence-electron chi connectivity index (χ1n) is 6.08. The summed E-state index contributed by atoms with van der Waals surface area (Å²) in [6.45, 7) is 5.73. The van der Waals surface area contributed by atoms with Crippen molar-refractivity contribution >= 4 is 16.7 Å². The first-order chi connectivity index (χ1) is 8.31. The maximum atomic E-state index is 5.02. The van der Waals surface area contributed by atoms with Gasteiger partial charge in [-0.2, -0.15) is 4.37 Å². The summed E-state index contributed by atoms with van der Waals surface area (Å²) in [5.74, 6) is 0.878. The second-order valence-electron chi connectivity index (χ2n) is 4.31. The molecule has 0 bridgehead atoms. The van der Waals surface area contributed by atoms with Gasteiger partial charge in [0, 0.05) is 44.3 Å². The highest BCUT2D eigenvalue weighted by atomic mass is 32.1. The van der Waals surface area contributed by atoms with Crippen LogP contribution in [0.5, 0.6) is 0 Å². The topological polar surface area (TPSA) is 50.3 Å². The van der Waals surface area contributed by atoms with Gasteiger partial charge in [0.05, 0.1) is 6.61 Å².